The van der Waals surface area contributed by atoms with Crippen LogP contribution in [0.5, 0.6) is 0 Å². The molecule has 0 radical (unpaired) electrons. The Morgan fingerprint density at radius 3 is 2.64 bits per heavy atom. The third kappa shape index (κ3) is 2.62. The van der Waals surface area contributed by atoms with E-state index >= 15 is 0 Å². The molecule has 0 N–H and O–H groups in total. The van der Waals surface area contributed by atoms with Crippen LogP contribution >= 0.6 is 24.0 Å². The van der Waals surface area contributed by atoms with Gasteiger partial charge in [0.05, 0.1) is 10.6 Å². The highest BCUT2D eigenvalue weighted by Crippen LogP contribution is 2.37. The molecule has 0 unspecified atom stereocenters. The third-order valence-corrected chi connectivity index (χ3v) is 4.95. The Balaban J connectivity index is 1.98. The van der Waals surface area contributed by atoms with Crippen molar-refractivity contribution >= 4 is 46.0 Å². The molecule has 1 saturated heterocycles. The largest absolute Gasteiger partial charge is 0.462 e. The Labute approximate surface area is 139 Å². The molecule has 2 heterocycles. The predicted octanol–water partition coefficient (Wildman–Crippen LogP) is 4.61. The molecule has 22 heavy (non-hydrogen) atoms. The number of thioether (sulfide) groups is 1. The maximum atomic E-state index is 12.7. The van der Waals surface area contributed by atoms with Gasteiger partial charge in [-0.25, -0.2) is 0 Å². The minimum atomic E-state index is -0.0993. The van der Waals surface area contributed by atoms with Crippen LogP contribution in [0.2, 0.25) is 0 Å². The van der Waals surface area contributed by atoms with Gasteiger partial charge >= 0.3 is 0 Å². The Morgan fingerprint density at radius 2 is 1.95 bits per heavy atom. The molecule has 1 aromatic carbocycles. The Hall–Kier alpha value is -1.85. The molecule has 0 aliphatic carbocycles. The van der Waals surface area contributed by atoms with Gasteiger partial charge in [0.15, 0.2) is 4.32 Å². The van der Waals surface area contributed by atoms with Crippen molar-refractivity contribution < 1.29 is 9.21 Å². The van der Waals surface area contributed by atoms with Crippen LogP contribution in [0.4, 0.5) is 5.69 Å². The highest BCUT2D eigenvalue weighted by molar-refractivity contribution is 8.27. The summed E-state index contributed by atoms with van der Waals surface area (Å²) in [7, 11) is 0. The lowest BCUT2D eigenvalue weighted by atomic mass is 10.1. The van der Waals surface area contributed by atoms with Gasteiger partial charge in [-0.15, -0.1) is 0 Å². The number of thiocarbonyl (C=S) groups is 1. The first-order valence-electron chi connectivity index (χ1n) is 6.88. The number of anilines is 1. The fourth-order valence-electron chi connectivity index (χ4n) is 2.31. The summed E-state index contributed by atoms with van der Waals surface area (Å²) >= 11 is 6.70. The van der Waals surface area contributed by atoms with Crippen molar-refractivity contribution in [1.82, 2.24) is 0 Å². The van der Waals surface area contributed by atoms with Gasteiger partial charge in [0, 0.05) is 6.08 Å². The number of benzene rings is 1. The smallest absolute Gasteiger partial charge is 0.270 e. The number of aryl methyl sites for hydroxylation is 2. The van der Waals surface area contributed by atoms with E-state index in [9.17, 15) is 4.79 Å². The van der Waals surface area contributed by atoms with Gasteiger partial charge in [-0.2, -0.15) is 0 Å². The van der Waals surface area contributed by atoms with Gasteiger partial charge in [-0.1, -0.05) is 36.1 Å². The fraction of sp³-hybridized carbons (Fsp3) is 0.176. The summed E-state index contributed by atoms with van der Waals surface area (Å²) in [5.41, 5.74) is 3.05. The second-order valence-corrected chi connectivity index (χ2v) is 6.86. The minimum Gasteiger partial charge on any atom is -0.462 e. The number of furan rings is 1. The van der Waals surface area contributed by atoms with Gasteiger partial charge in [-0.3, -0.25) is 9.69 Å². The Bertz CT molecular complexity index is 805. The summed E-state index contributed by atoms with van der Waals surface area (Å²) in [4.78, 5) is 14.9. The van der Waals surface area contributed by atoms with Gasteiger partial charge in [0.1, 0.15) is 11.5 Å². The van der Waals surface area contributed by atoms with Crippen molar-refractivity contribution in [2.45, 2.75) is 20.8 Å². The topological polar surface area (TPSA) is 33.5 Å². The monoisotopic (exact) mass is 329 g/mol. The number of rotatable bonds is 2. The van der Waals surface area contributed by atoms with Crippen molar-refractivity contribution in [3.8, 4) is 0 Å². The van der Waals surface area contributed by atoms with Crippen molar-refractivity contribution in [1.29, 1.82) is 0 Å². The SMILES string of the molecule is Cc1ccc(/C=C2\SC(=S)N(c3cccc(C)c3C)C2=O)o1. The van der Waals surface area contributed by atoms with E-state index in [-0.39, 0.29) is 5.91 Å². The standard InChI is InChI=1S/C17H15NO2S2/c1-10-5-4-6-14(12(10)3)18-16(19)15(22-17(18)21)9-13-8-7-11(2)20-13/h4-9H,1-3H3/b15-9-. The molecule has 1 amide bonds. The van der Waals surface area contributed by atoms with E-state index in [1.165, 1.54) is 11.8 Å². The van der Waals surface area contributed by atoms with Gasteiger partial charge < -0.3 is 4.42 Å². The molecule has 3 rings (SSSR count). The van der Waals surface area contributed by atoms with Crippen molar-refractivity contribution in [3.05, 3.63) is 57.9 Å². The number of carbonyl (C=O) groups is 1. The maximum absolute atomic E-state index is 12.7. The summed E-state index contributed by atoms with van der Waals surface area (Å²) in [6.45, 7) is 5.90. The zero-order chi connectivity index (χ0) is 15.9. The van der Waals surface area contributed by atoms with E-state index in [1.807, 2.05) is 51.1 Å². The number of amides is 1. The van der Waals surface area contributed by atoms with Crippen LogP contribution < -0.4 is 4.90 Å². The van der Waals surface area contributed by atoms with Gasteiger partial charge in [0.25, 0.3) is 5.91 Å². The average Bonchev–Trinajstić information content (AvgIpc) is 2.99. The van der Waals surface area contributed by atoms with Crippen molar-refractivity contribution in [2.75, 3.05) is 4.90 Å². The normalized spacial score (nSPS) is 16.9. The molecule has 2 aromatic rings. The lowest BCUT2D eigenvalue weighted by molar-refractivity contribution is -0.113. The molecule has 5 heteroatoms. The van der Waals surface area contributed by atoms with E-state index in [0.29, 0.717) is 15.0 Å². The molecule has 1 fully saturated rings. The lowest BCUT2D eigenvalue weighted by Crippen LogP contribution is -2.28. The molecule has 1 aromatic heterocycles. The molecule has 0 spiro atoms. The second kappa shape index (κ2) is 5.74. The molecular weight excluding hydrogens is 314 g/mol. The summed E-state index contributed by atoms with van der Waals surface area (Å²) in [6, 6.07) is 9.61. The Kier molecular flexibility index (Phi) is 3.93. The van der Waals surface area contributed by atoms with Crippen LogP contribution in [-0.2, 0) is 4.79 Å². The van der Waals surface area contributed by atoms with E-state index in [1.54, 1.807) is 11.0 Å². The first kappa shape index (κ1) is 15.1. The third-order valence-electron chi connectivity index (χ3n) is 3.65. The molecule has 1 aliphatic rings. The molecule has 0 bridgehead atoms. The second-order valence-electron chi connectivity index (χ2n) is 5.18. The van der Waals surface area contributed by atoms with E-state index in [0.717, 1.165) is 22.6 Å². The summed E-state index contributed by atoms with van der Waals surface area (Å²) < 4.78 is 6.06. The Morgan fingerprint density at radius 1 is 1.18 bits per heavy atom. The van der Waals surface area contributed by atoms with Gasteiger partial charge in [0.2, 0.25) is 0 Å². The number of hydrogen-bond acceptors (Lipinski definition) is 4. The number of hydrogen-bond donors (Lipinski definition) is 0. The predicted molar refractivity (Wildman–Crippen MR) is 95.0 cm³/mol. The van der Waals surface area contributed by atoms with Crippen molar-refractivity contribution in [3.63, 3.8) is 0 Å². The van der Waals surface area contributed by atoms with E-state index in [2.05, 4.69) is 0 Å². The van der Waals surface area contributed by atoms with E-state index in [4.69, 9.17) is 16.6 Å². The fourth-order valence-corrected chi connectivity index (χ4v) is 3.58. The molecular formula is C17H15NO2S2. The molecule has 3 nitrogen and oxygen atoms in total. The lowest BCUT2D eigenvalue weighted by Gasteiger charge is -2.18. The molecule has 112 valence electrons. The average molecular weight is 329 g/mol. The summed E-state index contributed by atoms with van der Waals surface area (Å²) in [6.07, 6.45) is 1.75. The molecule has 0 atom stereocenters. The van der Waals surface area contributed by atoms with Crippen LogP contribution in [0.15, 0.2) is 39.7 Å². The van der Waals surface area contributed by atoms with Crippen LogP contribution in [0.3, 0.4) is 0 Å². The maximum Gasteiger partial charge on any atom is 0.270 e. The first-order valence-corrected chi connectivity index (χ1v) is 8.10. The van der Waals surface area contributed by atoms with Gasteiger partial charge in [-0.05, 0) is 50.1 Å². The van der Waals surface area contributed by atoms with Crippen LogP contribution in [0, 0.1) is 20.8 Å². The minimum absolute atomic E-state index is 0.0993. The highest BCUT2D eigenvalue weighted by atomic mass is 32.2. The van der Waals surface area contributed by atoms with Crippen LogP contribution in [-0.4, -0.2) is 10.2 Å². The summed E-state index contributed by atoms with van der Waals surface area (Å²) in [5.74, 6) is 1.38. The zero-order valence-corrected chi connectivity index (χ0v) is 14.2. The first-order chi connectivity index (χ1) is 10.5. The number of carbonyl (C=O) groups excluding carboxylic acids is 1. The highest BCUT2D eigenvalue weighted by Gasteiger charge is 2.34. The van der Waals surface area contributed by atoms with Crippen LogP contribution in [0.25, 0.3) is 6.08 Å². The number of nitrogens with zero attached hydrogens (tertiary/aromatic N) is 1. The molecule has 0 saturated carbocycles. The zero-order valence-electron chi connectivity index (χ0n) is 12.5. The van der Waals surface area contributed by atoms with E-state index < -0.39 is 0 Å². The quantitative estimate of drug-likeness (QED) is 0.595. The summed E-state index contributed by atoms with van der Waals surface area (Å²) in [5, 5.41) is 0. The molecule has 1 aliphatic heterocycles. The van der Waals surface area contributed by atoms with Crippen LogP contribution in [0.1, 0.15) is 22.6 Å². The van der Waals surface area contributed by atoms with Crippen molar-refractivity contribution in [2.24, 2.45) is 0 Å².